The van der Waals surface area contributed by atoms with Gasteiger partial charge >= 0.3 is 0 Å². The van der Waals surface area contributed by atoms with E-state index in [4.69, 9.17) is 9.47 Å². The molecule has 15 aromatic carbocycles. The Kier molecular flexibility index (Phi) is 12.2. The maximum atomic E-state index is 7.88. The molecule has 26 rings (SSSR count). The van der Waals surface area contributed by atoms with Crippen LogP contribution in [0.2, 0.25) is 0 Å². The molecule has 9 nitrogen and oxygen atoms in total. The Hall–Kier alpha value is -13.0. The summed E-state index contributed by atoms with van der Waals surface area (Å²) in [6.07, 6.45) is 2.25. The molecule has 0 saturated carbocycles. The maximum Gasteiger partial charge on any atom is 0.260 e. The first-order valence-corrected chi connectivity index (χ1v) is 41.2. The van der Waals surface area contributed by atoms with Crippen LogP contribution in [0.3, 0.4) is 0 Å². The van der Waals surface area contributed by atoms with E-state index in [2.05, 4.69) is 338 Å². The number of rotatable bonds is 4. The van der Waals surface area contributed by atoms with Crippen LogP contribution in [0.4, 0.5) is 22.7 Å². The van der Waals surface area contributed by atoms with Gasteiger partial charge in [-0.05, 0) is 258 Å². The van der Waals surface area contributed by atoms with E-state index in [0.717, 1.165) is 84.5 Å². The van der Waals surface area contributed by atoms with Crippen molar-refractivity contribution in [1.29, 1.82) is 0 Å². The average molecular weight is 1480 g/mol. The van der Waals surface area contributed by atoms with E-state index in [1.165, 1.54) is 203 Å². The predicted molar refractivity (Wildman–Crippen MR) is 484 cm³/mol. The minimum absolute atomic E-state index is 0.157. The standard InChI is InChI=1S/C101H72B3N7O2S/c1-50-12-20-81-63(28-50)64-29-51(2)13-21-82(64)106(81)60-40-80-97-90(41-60)109-87-26-18-56(7)34-69(87)71-36-58(9)38-77(100(71)109)102(97)73-46-75-93(48-79(73)105-80)112-95-44-62(108-85-24-16-54(5)32-67(85)68-33-55(6)17-25-86(68)108)45-96-99(95)104(75)76-47-74-89(49-94(76)113-96)111(114-11)92-43-61(107-83-22-14-52(3)30-65(83)66-31-53(4)15-23-84(66)107)42-91-98(92)103(74)78-39-59(10)37-72-70-35-57(8)19-27-88(70)110(91)101(72)78/h12-49,105H,1-11H3. The van der Waals surface area contributed by atoms with Gasteiger partial charge in [0.2, 0.25) is 0 Å². The molecule has 0 unspecified atom stereocenters. The van der Waals surface area contributed by atoms with Gasteiger partial charge in [-0.25, -0.2) is 0 Å². The maximum absolute atomic E-state index is 7.88. The molecular formula is C101H72B3N7O2S. The summed E-state index contributed by atoms with van der Waals surface area (Å²) in [5, 5.41) is 16.8. The number of ether oxygens (including phenoxy) is 2. The Morgan fingerprint density at radius 1 is 0.246 bits per heavy atom. The molecule has 6 aliphatic heterocycles. The Labute approximate surface area is 663 Å². The fraction of sp³-hybridized carbons (Fsp3) is 0.109. The number of nitrogens with one attached hydrogen (secondary N) is 1. The van der Waals surface area contributed by atoms with E-state index < -0.39 is 0 Å². The normalized spacial score (nSPS) is 13.7. The number of hydrogen-bond acceptors (Lipinski definition) is 5. The summed E-state index contributed by atoms with van der Waals surface area (Å²) in [6, 6.07) is 90.1. The van der Waals surface area contributed by atoms with Crippen LogP contribution in [0.1, 0.15) is 55.6 Å². The molecule has 0 fully saturated rings. The summed E-state index contributed by atoms with van der Waals surface area (Å²) >= 11 is 1.77. The summed E-state index contributed by atoms with van der Waals surface area (Å²) < 4.78 is 30.9. The summed E-state index contributed by atoms with van der Waals surface area (Å²) in [4.78, 5) is 0. The SMILES string of the molecule is CSN1c2cc3c(cc2B2c4c1cc(-n1c5ccc(C)cc5c5cc(C)ccc51)cc4-n1c4ccc(C)cc4c4cc(C)cc2c41)B1c2cc4c(cc2Oc2cc(-n5c6ccc(C)cc6c6cc(C)ccc65)cc(c21)O3)Nc1cc(-n2c3ccc(C)cc3c3cc(C)ccc32)cc2c1B4c1cc(C)cc3c4cc(C)ccc4n-2c13. The number of aryl methyl sites for hydroxylation is 10. The van der Waals surface area contributed by atoms with Gasteiger partial charge in [0.05, 0.1) is 72.6 Å². The Morgan fingerprint density at radius 2 is 0.579 bits per heavy atom. The highest BCUT2D eigenvalue weighted by Gasteiger charge is 2.49. The van der Waals surface area contributed by atoms with Gasteiger partial charge in [-0.1, -0.05) is 128 Å². The van der Waals surface area contributed by atoms with Crippen molar-refractivity contribution in [3.63, 3.8) is 0 Å². The minimum atomic E-state index is -0.318. The molecule has 0 aliphatic carbocycles. The van der Waals surface area contributed by atoms with Gasteiger partial charge in [-0.3, -0.25) is 4.31 Å². The molecule has 13 heteroatoms. The van der Waals surface area contributed by atoms with Crippen LogP contribution in [0, 0.1) is 69.2 Å². The van der Waals surface area contributed by atoms with Gasteiger partial charge in [0.1, 0.15) is 23.0 Å². The highest BCUT2D eigenvalue weighted by molar-refractivity contribution is 8.00. The summed E-state index contributed by atoms with van der Waals surface area (Å²) in [7, 11) is 0. The zero-order valence-corrected chi connectivity index (χ0v) is 65.9. The molecule has 6 aliphatic rings. The molecule has 0 spiro atoms. The van der Waals surface area contributed by atoms with Crippen LogP contribution in [0.5, 0.6) is 23.0 Å². The van der Waals surface area contributed by atoms with Crippen molar-refractivity contribution in [2.24, 2.45) is 0 Å². The largest absolute Gasteiger partial charge is 0.458 e. The summed E-state index contributed by atoms with van der Waals surface area (Å²) in [5.41, 5.74) is 45.3. The van der Waals surface area contributed by atoms with E-state index in [1.807, 2.05) is 0 Å². The van der Waals surface area contributed by atoms with E-state index in [1.54, 1.807) is 11.9 Å². The van der Waals surface area contributed by atoms with E-state index in [9.17, 15) is 0 Å². The lowest BCUT2D eigenvalue weighted by Gasteiger charge is -2.41. The third-order valence-electron chi connectivity index (χ3n) is 26.6. The van der Waals surface area contributed by atoms with Crippen molar-refractivity contribution in [2.45, 2.75) is 69.2 Å². The van der Waals surface area contributed by atoms with Crippen molar-refractivity contribution in [1.82, 2.24) is 22.8 Å². The lowest BCUT2D eigenvalue weighted by molar-refractivity contribution is 0.464. The molecule has 0 saturated heterocycles. The second-order valence-corrected chi connectivity index (χ2v) is 34.8. The van der Waals surface area contributed by atoms with Crippen LogP contribution in [-0.2, 0) is 0 Å². The number of benzene rings is 15. The topological polar surface area (TPSA) is 58.4 Å². The Bertz CT molecular complexity index is 7880. The second-order valence-electron chi connectivity index (χ2n) is 34.1. The number of aromatic nitrogens is 5. The first kappa shape index (κ1) is 63.7. The molecule has 5 aromatic heterocycles. The molecule has 20 aromatic rings. The van der Waals surface area contributed by atoms with Crippen molar-refractivity contribution < 1.29 is 9.47 Å². The third-order valence-corrected chi connectivity index (χ3v) is 27.4. The predicted octanol–water partition coefficient (Wildman–Crippen LogP) is 19.4. The first-order chi connectivity index (χ1) is 55.5. The van der Waals surface area contributed by atoms with Gasteiger partial charge in [0.25, 0.3) is 20.1 Å². The van der Waals surface area contributed by atoms with Crippen LogP contribution < -0.4 is 68.3 Å². The molecule has 1 N–H and O–H groups in total. The zero-order valence-electron chi connectivity index (χ0n) is 65.1. The quantitative estimate of drug-likeness (QED) is 0.141. The van der Waals surface area contributed by atoms with Gasteiger partial charge < -0.3 is 37.6 Å². The lowest BCUT2D eigenvalue weighted by Crippen LogP contribution is -2.64. The monoisotopic (exact) mass is 1480 g/mol. The van der Waals surface area contributed by atoms with Gasteiger partial charge in [-0.15, -0.1) is 0 Å². The fourth-order valence-electron chi connectivity index (χ4n) is 22.1. The van der Waals surface area contributed by atoms with Crippen LogP contribution >= 0.6 is 11.9 Å². The number of anilines is 4. The van der Waals surface area contributed by atoms with E-state index in [0.29, 0.717) is 0 Å². The zero-order chi connectivity index (χ0) is 75.9. The number of hydrogen-bond donors (Lipinski definition) is 1. The molecule has 114 heavy (non-hydrogen) atoms. The van der Waals surface area contributed by atoms with Crippen molar-refractivity contribution in [3.8, 4) is 51.4 Å². The molecule has 11 heterocycles. The molecule has 0 radical (unpaired) electrons. The fourth-order valence-corrected chi connectivity index (χ4v) is 22.8. The Balaban J connectivity index is 0.744. The van der Waals surface area contributed by atoms with Crippen molar-refractivity contribution in [3.05, 3.63) is 286 Å². The first-order valence-electron chi connectivity index (χ1n) is 40.0. The number of fused-ring (bicyclic) bond motifs is 27. The molecular weight excluding hydrogens is 1410 g/mol. The molecule has 0 bridgehead atoms. The summed E-state index contributed by atoms with van der Waals surface area (Å²) in [5.74, 6) is 3.23. The minimum Gasteiger partial charge on any atom is -0.458 e. The van der Waals surface area contributed by atoms with Crippen LogP contribution in [-0.4, -0.2) is 49.2 Å². The van der Waals surface area contributed by atoms with Crippen molar-refractivity contribution in [2.75, 3.05) is 15.9 Å². The third kappa shape index (κ3) is 8.19. The van der Waals surface area contributed by atoms with Crippen LogP contribution in [0.25, 0.3) is 137 Å². The van der Waals surface area contributed by atoms with Crippen molar-refractivity contribution >= 4 is 213 Å². The van der Waals surface area contributed by atoms with Crippen LogP contribution in [0.15, 0.2) is 231 Å². The second kappa shape index (κ2) is 21.8. The average Bonchev–Trinajstić information content (AvgIpc) is 1.38. The molecule has 0 atom stereocenters. The molecule has 538 valence electrons. The summed E-state index contributed by atoms with van der Waals surface area (Å²) in [6.45, 7) is 21.6. The Morgan fingerprint density at radius 3 is 1.00 bits per heavy atom. The number of nitrogens with zero attached hydrogens (tertiary/aromatic N) is 6. The highest BCUT2D eigenvalue weighted by Crippen LogP contribution is 2.49. The van der Waals surface area contributed by atoms with Gasteiger partial charge in [0, 0.05) is 124 Å². The molecule has 0 amide bonds. The van der Waals surface area contributed by atoms with E-state index >= 15 is 0 Å². The lowest BCUT2D eigenvalue weighted by atomic mass is 9.30. The smallest absolute Gasteiger partial charge is 0.260 e. The highest BCUT2D eigenvalue weighted by atomic mass is 32.2. The van der Waals surface area contributed by atoms with Gasteiger partial charge in [-0.2, -0.15) is 0 Å². The van der Waals surface area contributed by atoms with E-state index in [-0.39, 0.29) is 20.1 Å². The van der Waals surface area contributed by atoms with Gasteiger partial charge in [0.15, 0.2) is 0 Å².